The van der Waals surface area contributed by atoms with Gasteiger partial charge in [0.05, 0.1) is 0 Å². The lowest BCUT2D eigenvalue weighted by Crippen LogP contribution is -2.58. The van der Waals surface area contributed by atoms with Crippen LogP contribution in [0.25, 0.3) is 0 Å². The highest BCUT2D eigenvalue weighted by molar-refractivity contribution is 5.68. The second-order valence-corrected chi connectivity index (χ2v) is 4.07. The molecule has 0 spiro atoms. The van der Waals surface area contributed by atoms with Gasteiger partial charge in [0.2, 0.25) is 0 Å². The maximum atomic E-state index is 10.9. The summed E-state index contributed by atoms with van der Waals surface area (Å²) in [6.07, 6.45) is 7.13. The molecule has 86 valence electrons. The summed E-state index contributed by atoms with van der Waals surface area (Å²) in [6.45, 7) is 2.72. The molecule has 2 rings (SSSR count). The van der Waals surface area contributed by atoms with Gasteiger partial charge in [-0.3, -0.25) is 9.59 Å². The summed E-state index contributed by atoms with van der Waals surface area (Å²) in [4.78, 5) is 21.9. The molecule has 2 aliphatic carbocycles. The van der Waals surface area contributed by atoms with Crippen LogP contribution in [0.4, 0.5) is 0 Å². The van der Waals surface area contributed by atoms with Crippen LogP contribution in [-0.4, -0.2) is 24.1 Å². The van der Waals surface area contributed by atoms with Crippen molar-refractivity contribution in [2.24, 2.45) is 11.8 Å². The molecule has 0 aromatic carbocycles. The van der Waals surface area contributed by atoms with Crippen LogP contribution in [0.5, 0.6) is 0 Å². The summed E-state index contributed by atoms with van der Waals surface area (Å²) < 4.78 is 10.3. The Morgan fingerprint density at radius 3 is 1.56 bits per heavy atom. The van der Waals surface area contributed by atoms with Crippen LogP contribution in [0.3, 0.4) is 0 Å². The van der Waals surface area contributed by atoms with Gasteiger partial charge < -0.3 is 9.47 Å². The van der Waals surface area contributed by atoms with E-state index in [0.29, 0.717) is 0 Å². The Bertz CT molecular complexity index is 333. The molecule has 1 fully saturated rings. The van der Waals surface area contributed by atoms with Crippen LogP contribution in [0.2, 0.25) is 0 Å². The lowest BCUT2D eigenvalue weighted by molar-refractivity contribution is -0.196. The molecule has 4 heteroatoms. The molecular weight excluding hydrogens is 208 g/mol. The molecule has 0 heterocycles. The van der Waals surface area contributed by atoms with Crippen molar-refractivity contribution in [3.63, 3.8) is 0 Å². The zero-order valence-electron chi connectivity index (χ0n) is 9.25. The Hall–Kier alpha value is -1.58. The van der Waals surface area contributed by atoms with E-state index in [1.807, 2.05) is 24.3 Å². The van der Waals surface area contributed by atoms with Crippen LogP contribution >= 0.6 is 0 Å². The molecule has 0 aliphatic heterocycles. The van der Waals surface area contributed by atoms with Crippen molar-refractivity contribution in [1.29, 1.82) is 0 Å². The third-order valence-corrected chi connectivity index (χ3v) is 2.91. The van der Waals surface area contributed by atoms with Gasteiger partial charge in [0.25, 0.3) is 0 Å². The minimum Gasteiger partial charge on any atom is -0.458 e. The maximum absolute atomic E-state index is 10.9. The normalized spacial score (nSPS) is 34.9. The third kappa shape index (κ3) is 1.87. The predicted octanol–water partition coefficient (Wildman–Crippen LogP) is 1.22. The molecule has 0 unspecified atom stereocenters. The summed E-state index contributed by atoms with van der Waals surface area (Å²) in [6, 6.07) is 0. The van der Waals surface area contributed by atoms with Crippen LogP contribution < -0.4 is 0 Å². The minimum absolute atomic E-state index is 0.137. The van der Waals surface area contributed by atoms with Gasteiger partial charge in [-0.25, -0.2) is 0 Å². The SMILES string of the molecule is CC(=O)O[C@H]1[C@@H]2C=CC=C[C@@H]2[C@@H]1OC(C)=O. The number of allylic oxidation sites excluding steroid dienone is 2. The van der Waals surface area contributed by atoms with Gasteiger partial charge in [-0.1, -0.05) is 24.3 Å². The molecule has 0 saturated heterocycles. The molecule has 0 aromatic heterocycles. The largest absolute Gasteiger partial charge is 0.458 e. The second kappa shape index (κ2) is 4.12. The van der Waals surface area contributed by atoms with E-state index < -0.39 is 0 Å². The van der Waals surface area contributed by atoms with Crippen molar-refractivity contribution < 1.29 is 19.1 Å². The number of carbonyl (C=O) groups excluding carboxylic acids is 2. The highest BCUT2D eigenvalue weighted by Gasteiger charge is 2.53. The Labute approximate surface area is 93.9 Å². The summed E-state index contributed by atoms with van der Waals surface area (Å²) >= 11 is 0. The number of ether oxygens (including phenoxy) is 2. The number of hydrogen-bond donors (Lipinski definition) is 0. The van der Waals surface area contributed by atoms with E-state index >= 15 is 0 Å². The standard InChI is InChI=1S/C12H14O4/c1-7(13)15-11-9-5-3-4-6-10(9)12(11)16-8(2)14/h3-6,9-12H,1-2H3/t9-,10+,11-,12-/m0/s1. The van der Waals surface area contributed by atoms with Crippen molar-refractivity contribution in [1.82, 2.24) is 0 Å². The van der Waals surface area contributed by atoms with Crippen molar-refractivity contribution >= 4 is 11.9 Å². The van der Waals surface area contributed by atoms with Crippen LogP contribution in [-0.2, 0) is 19.1 Å². The first-order valence-electron chi connectivity index (χ1n) is 5.29. The van der Waals surface area contributed by atoms with Crippen molar-refractivity contribution in [2.75, 3.05) is 0 Å². The first-order valence-corrected chi connectivity index (χ1v) is 5.29. The summed E-state index contributed by atoms with van der Waals surface area (Å²) in [5, 5.41) is 0. The average molecular weight is 222 g/mol. The van der Waals surface area contributed by atoms with Crippen molar-refractivity contribution in [2.45, 2.75) is 26.1 Å². The predicted molar refractivity (Wildman–Crippen MR) is 56.4 cm³/mol. The van der Waals surface area contributed by atoms with E-state index in [-0.39, 0.29) is 36.0 Å². The first kappa shape index (κ1) is 10.9. The van der Waals surface area contributed by atoms with E-state index in [1.54, 1.807) is 0 Å². The lowest BCUT2D eigenvalue weighted by Gasteiger charge is -2.48. The quantitative estimate of drug-likeness (QED) is 0.659. The molecule has 4 nitrogen and oxygen atoms in total. The Morgan fingerprint density at radius 2 is 1.25 bits per heavy atom. The van der Waals surface area contributed by atoms with E-state index in [2.05, 4.69) is 0 Å². The van der Waals surface area contributed by atoms with Crippen molar-refractivity contribution in [3.8, 4) is 0 Å². The smallest absolute Gasteiger partial charge is 0.303 e. The molecule has 1 saturated carbocycles. The fourth-order valence-corrected chi connectivity index (χ4v) is 2.27. The fraction of sp³-hybridized carbons (Fsp3) is 0.500. The lowest BCUT2D eigenvalue weighted by atomic mass is 9.66. The highest BCUT2D eigenvalue weighted by Crippen LogP contribution is 2.43. The Morgan fingerprint density at radius 1 is 0.875 bits per heavy atom. The monoisotopic (exact) mass is 222 g/mol. The van der Waals surface area contributed by atoms with Gasteiger partial charge >= 0.3 is 11.9 Å². The van der Waals surface area contributed by atoms with Crippen molar-refractivity contribution in [3.05, 3.63) is 24.3 Å². The minimum atomic E-state index is -0.344. The maximum Gasteiger partial charge on any atom is 0.303 e. The van der Waals surface area contributed by atoms with Gasteiger partial charge in [-0.05, 0) is 0 Å². The second-order valence-electron chi connectivity index (χ2n) is 4.07. The third-order valence-electron chi connectivity index (χ3n) is 2.91. The molecule has 0 N–H and O–H groups in total. The first-order chi connectivity index (χ1) is 7.59. The number of fused-ring (bicyclic) bond motifs is 1. The number of carbonyl (C=O) groups is 2. The van der Waals surface area contributed by atoms with Crippen LogP contribution in [0.15, 0.2) is 24.3 Å². The molecular formula is C12H14O4. The number of esters is 2. The average Bonchev–Trinajstić information content (AvgIpc) is 2.23. The van der Waals surface area contributed by atoms with E-state index in [1.165, 1.54) is 13.8 Å². The molecule has 0 bridgehead atoms. The van der Waals surface area contributed by atoms with Gasteiger partial charge in [-0.2, -0.15) is 0 Å². The zero-order chi connectivity index (χ0) is 11.7. The molecule has 2 aliphatic rings. The van der Waals surface area contributed by atoms with E-state index in [9.17, 15) is 9.59 Å². The summed E-state index contributed by atoms with van der Waals surface area (Å²) in [7, 11) is 0. The highest BCUT2D eigenvalue weighted by atomic mass is 16.6. The van der Waals surface area contributed by atoms with Crippen LogP contribution in [0.1, 0.15) is 13.8 Å². The fourth-order valence-electron chi connectivity index (χ4n) is 2.27. The summed E-state index contributed by atoms with van der Waals surface area (Å²) in [5.41, 5.74) is 0. The number of hydrogen-bond acceptors (Lipinski definition) is 4. The van der Waals surface area contributed by atoms with Gasteiger partial charge in [0, 0.05) is 25.7 Å². The Kier molecular flexibility index (Phi) is 2.81. The van der Waals surface area contributed by atoms with Gasteiger partial charge in [0.1, 0.15) is 12.2 Å². The van der Waals surface area contributed by atoms with E-state index in [0.717, 1.165) is 0 Å². The zero-order valence-corrected chi connectivity index (χ0v) is 9.25. The Balaban J connectivity index is 2.08. The molecule has 4 atom stereocenters. The van der Waals surface area contributed by atoms with Gasteiger partial charge in [-0.15, -0.1) is 0 Å². The molecule has 0 aromatic rings. The molecule has 16 heavy (non-hydrogen) atoms. The molecule has 0 amide bonds. The number of rotatable bonds is 2. The topological polar surface area (TPSA) is 52.6 Å². The summed E-state index contributed by atoms with van der Waals surface area (Å²) in [5.74, 6) is -0.413. The van der Waals surface area contributed by atoms with E-state index in [4.69, 9.17) is 9.47 Å². The molecule has 0 radical (unpaired) electrons. The van der Waals surface area contributed by atoms with Gasteiger partial charge in [0.15, 0.2) is 0 Å². The van der Waals surface area contributed by atoms with Crippen LogP contribution in [0, 0.1) is 11.8 Å².